The lowest BCUT2D eigenvalue weighted by Gasteiger charge is -2.27. The maximum absolute atomic E-state index is 13.6. The molecule has 0 radical (unpaired) electrons. The van der Waals surface area contributed by atoms with E-state index in [1.807, 2.05) is 0 Å². The minimum atomic E-state index is -0.913. The van der Waals surface area contributed by atoms with E-state index in [0.717, 1.165) is 0 Å². The second-order valence-electron chi connectivity index (χ2n) is 7.82. The number of nitrogens with one attached hydrogen (secondary N) is 1. The number of aliphatic hydroxyl groups excluding tert-OH is 1. The van der Waals surface area contributed by atoms with Crippen molar-refractivity contribution in [1.29, 1.82) is 0 Å². The van der Waals surface area contributed by atoms with Crippen LogP contribution in [-0.2, 0) is 9.59 Å². The number of Topliss-reactive ketones (excluding diaryl/α,β-unsaturated/α-hetero) is 1. The maximum atomic E-state index is 13.6. The summed E-state index contributed by atoms with van der Waals surface area (Å²) in [7, 11) is 1.52. The van der Waals surface area contributed by atoms with Crippen LogP contribution in [0.15, 0.2) is 59.9 Å². The number of thiazole rings is 1. The molecule has 1 aromatic heterocycles. The first-order chi connectivity index (χ1) is 16.2. The third kappa shape index (κ3) is 4.17. The number of rotatable bonds is 6. The molecule has 1 atom stereocenters. The Balaban J connectivity index is 1.89. The van der Waals surface area contributed by atoms with Crippen LogP contribution in [0, 0.1) is 13.8 Å². The predicted octanol–water partition coefficient (Wildman–Crippen LogP) is 4.51. The van der Waals surface area contributed by atoms with E-state index >= 15 is 0 Å². The molecule has 9 heteroatoms. The zero-order chi connectivity index (χ0) is 24.6. The highest BCUT2D eigenvalue weighted by molar-refractivity contribution is 7.14. The van der Waals surface area contributed by atoms with Gasteiger partial charge in [0.2, 0.25) is 11.7 Å². The van der Waals surface area contributed by atoms with E-state index in [-0.39, 0.29) is 11.5 Å². The standard InChI is InChI=1S/C25H23N3O5S/c1-13-24(34-15(3)26-13)22(30)20-21(16-7-5-10-19(11-16)33-4)28(25(32)23(20)31)18-9-6-8-17(12-18)27-14(2)29/h5-12,21,31H,1-4H3,(H,27,29). The summed E-state index contributed by atoms with van der Waals surface area (Å²) < 4.78 is 5.35. The predicted molar refractivity (Wildman–Crippen MR) is 130 cm³/mol. The largest absolute Gasteiger partial charge is 0.503 e. The van der Waals surface area contributed by atoms with Gasteiger partial charge in [-0.15, -0.1) is 11.3 Å². The molecule has 34 heavy (non-hydrogen) atoms. The Kier molecular flexibility index (Phi) is 6.21. The van der Waals surface area contributed by atoms with E-state index in [9.17, 15) is 19.5 Å². The van der Waals surface area contributed by atoms with Gasteiger partial charge in [0.15, 0.2) is 5.76 Å². The van der Waals surface area contributed by atoms with Crippen molar-refractivity contribution in [2.75, 3.05) is 17.3 Å². The fraction of sp³-hybridized carbons (Fsp3) is 0.200. The highest BCUT2D eigenvalue weighted by Gasteiger charge is 2.45. The van der Waals surface area contributed by atoms with Gasteiger partial charge in [-0.3, -0.25) is 19.3 Å². The Labute approximate surface area is 200 Å². The van der Waals surface area contributed by atoms with Crippen molar-refractivity contribution in [2.45, 2.75) is 26.8 Å². The number of carbonyl (C=O) groups is 3. The molecule has 0 saturated carbocycles. The van der Waals surface area contributed by atoms with Gasteiger partial charge in [-0.1, -0.05) is 18.2 Å². The molecule has 1 aliphatic rings. The average Bonchev–Trinajstić information content (AvgIpc) is 3.28. The molecule has 3 aromatic rings. The number of hydrogen-bond donors (Lipinski definition) is 2. The number of nitrogens with zero attached hydrogens (tertiary/aromatic N) is 2. The molecule has 2 aromatic carbocycles. The van der Waals surface area contributed by atoms with Crippen LogP contribution in [0.4, 0.5) is 11.4 Å². The lowest BCUT2D eigenvalue weighted by atomic mass is 9.94. The van der Waals surface area contributed by atoms with Gasteiger partial charge in [0.1, 0.15) is 5.75 Å². The summed E-state index contributed by atoms with van der Waals surface area (Å²) in [4.78, 5) is 44.6. The molecule has 0 saturated heterocycles. The molecule has 1 unspecified atom stereocenters. The fourth-order valence-corrected chi connectivity index (χ4v) is 4.91. The lowest BCUT2D eigenvalue weighted by Crippen LogP contribution is -2.31. The number of aromatic nitrogens is 1. The minimum Gasteiger partial charge on any atom is -0.503 e. The molecule has 1 aliphatic heterocycles. The quantitative estimate of drug-likeness (QED) is 0.506. The number of hydrogen-bond acceptors (Lipinski definition) is 7. The topological polar surface area (TPSA) is 109 Å². The zero-order valence-electron chi connectivity index (χ0n) is 19.1. The van der Waals surface area contributed by atoms with Crippen LogP contribution in [0.5, 0.6) is 5.75 Å². The first-order valence-electron chi connectivity index (χ1n) is 10.5. The van der Waals surface area contributed by atoms with Gasteiger partial charge in [-0.25, -0.2) is 4.98 Å². The van der Waals surface area contributed by atoms with Crippen LogP contribution < -0.4 is 15.0 Å². The molecular weight excluding hydrogens is 454 g/mol. The second-order valence-corrected chi connectivity index (χ2v) is 9.03. The first-order valence-corrected chi connectivity index (χ1v) is 11.3. The van der Waals surface area contributed by atoms with E-state index in [4.69, 9.17) is 4.74 Å². The molecule has 4 rings (SSSR count). The Bertz CT molecular complexity index is 1340. The summed E-state index contributed by atoms with van der Waals surface area (Å²) >= 11 is 1.22. The van der Waals surface area contributed by atoms with Crippen molar-refractivity contribution in [1.82, 2.24) is 4.98 Å². The minimum absolute atomic E-state index is 0.0325. The highest BCUT2D eigenvalue weighted by Crippen LogP contribution is 2.43. The van der Waals surface area contributed by atoms with Crippen molar-refractivity contribution in [2.24, 2.45) is 0 Å². The van der Waals surface area contributed by atoms with Crippen LogP contribution in [0.3, 0.4) is 0 Å². The van der Waals surface area contributed by atoms with Crippen LogP contribution in [0.1, 0.15) is 38.9 Å². The van der Waals surface area contributed by atoms with Gasteiger partial charge < -0.3 is 15.2 Å². The molecule has 8 nitrogen and oxygen atoms in total. The highest BCUT2D eigenvalue weighted by atomic mass is 32.1. The molecule has 2 amide bonds. The number of ketones is 1. The van der Waals surface area contributed by atoms with Gasteiger partial charge >= 0.3 is 0 Å². The summed E-state index contributed by atoms with van der Waals surface area (Å²) in [5.74, 6) is -1.51. The van der Waals surface area contributed by atoms with Crippen LogP contribution in [0.2, 0.25) is 0 Å². The summed E-state index contributed by atoms with van der Waals surface area (Å²) in [6.45, 7) is 4.90. The van der Waals surface area contributed by atoms with Crippen LogP contribution in [-0.4, -0.2) is 34.8 Å². The van der Waals surface area contributed by atoms with Crippen molar-refractivity contribution in [3.8, 4) is 5.75 Å². The normalized spacial score (nSPS) is 15.6. The van der Waals surface area contributed by atoms with Gasteiger partial charge in [-0.2, -0.15) is 0 Å². The van der Waals surface area contributed by atoms with Gasteiger partial charge in [0.05, 0.1) is 34.3 Å². The van der Waals surface area contributed by atoms with E-state index in [1.54, 1.807) is 62.4 Å². The van der Waals surface area contributed by atoms with Gasteiger partial charge in [0, 0.05) is 18.3 Å². The van der Waals surface area contributed by atoms with E-state index in [0.29, 0.717) is 38.3 Å². The Hall–Kier alpha value is -3.98. The number of ether oxygens (including phenoxy) is 1. The number of carbonyl (C=O) groups excluding carboxylic acids is 3. The maximum Gasteiger partial charge on any atom is 0.294 e. The average molecular weight is 478 g/mol. The monoisotopic (exact) mass is 477 g/mol. The number of amides is 2. The third-order valence-electron chi connectivity index (χ3n) is 5.42. The van der Waals surface area contributed by atoms with Crippen molar-refractivity contribution in [3.63, 3.8) is 0 Å². The fourth-order valence-electron chi connectivity index (χ4n) is 4.03. The summed E-state index contributed by atoms with van der Waals surface area (Å²) in [5.41, 5.74) is 1.99. The molecule has 2 N–H and O–H groups in total. The Morgan fingerprint density at radius 2 is 1.88 bits per heavy atom. The molecule has 0 fully saturated rings. The molecule has 174 valence electrons. The van der Waals surface area contributed by atoms with Crippen LogP contribution in [0.25, 0.3) is 0 Å². The molecule has 0 spiro atoms. The number of benzene rings is 2. The van der Waals surface area contributed by atoms with E-state index in [1.165, 1.54) is 30.3 Å². The summed E-state index contributed by atoms with van der Waals surface area (Å²) in [6, 6.07) is 12.8. The van der Waals surface area contributed by atoms with Crippen molar-refractivity contribution in [3.05, 3.63) is 81.0 Å². The Morgan fingerprint density at radius 1 is 1.15 bits per heavy atom. The zero-order valence-corrected chi connectivity index (χ0v) is 19.9. The summed E-state index contributed by atoms with van der Waals surface area (Å²) in [5, 5.41) is 14.3. The van der Waals surface area contributed by atoms with Crippen LogP contribution >= 0.6 is 11.3 Å². The number of aryl methyl sites for hydroxylation is 2. The molecular formula is C25H23N3O5S. The SMILES string of the molecule is COc1cccc(C2C(C(=O)c3sc(C)nc3C)=C(O)C(=O)N2c2cccc(NC(C)=O)c2)c1. The molecule has 2 heterocycles. The molecule has 0 aliphatic carbocycles. The summed E-state index contributed by atoms with van der Waals surface area (Å²) in [6.07, 6.45) is 0. The van der Waals surface area contributed by atoms with Crippen molar-refractivity contribution >= 4 is 40.3 Å². The van der Waals surface area contributed by atoms with Crippen molar-refractivity contribution < 1.29 is 24.2 Å². The van der Waals surface area contributed by atoms with Gasteiger partial charge in [-0.05, 0) is 49.7 Å². The third-order valence-corrected chi connectivity index (χ3v) is 6.49. The Morgan fingerprint density at radius 3 is 2.53 bits per heavy atom. The lowest BCUT2D eigenvalue weighted by molar-refractivity contribution is -0.117. The smallest absolute Gasteiger partial charge is 0.294 e. The second kappa shape index (κ2) is 9.11. The van der Waals surface area contributed by atoms with E-state index < -0.39 is 23.5 Å². The number of anilines is 2. The number of aliphatic hydroxyl groups is 1. The molecule has 0 bridgehead atoms. The number of methoxy groups -OCH3 is 1. The first kappa shape index (κ1) is 23.2. The van der Waals surface area contributed by atoms with Gasteiger partial charge in [0.25, 0.3) is 5.91 Å². The van der Waals surface area contributed by atoms with E-state index in [2.05, 4.69) is 10.3 Å².